The van der Waals surface area contributed by atoms with Gasteiger partial charge in [0.25, 0.3) is 11.8 Å². The standard InChI is InChI=1S/C23H20N2O3/c1-15-6-3-4-9-21(15)25-23(28)18-12-10-17(11-13-18)22(27)24-20-8-5-7-19(14-20)16(2)26/h3-14H,1-2H3,(H,24,27)(H,25,28). The zero-order chi connectivity index (χ0) is 20.1. The number of aryl methyl sites for hydroxylation is 1. The minimum atomic E-state index is -0.313. The van der Waals surface area contributed by atoms with E-state index in [9.17, 15) is 14.4 Å². The van der Waals surface area contributed by atoms with E-state index in [0.29, 0.717) is 22.4 Å². The zero-order valence-corrected chi connectivity index (χ0v) is 15.7. The number of anilines is 2. The summed E-state index contributed by atoms with van der Waals surface area (Å²) in [4.78, 5) is 36.3. The van der Waals surface area contributed by atoms with Crippen LogP contribution in [0.15, 0.2) is 72.8 Å². The number of hydrogen-bond donors (Lipinski definition) is 2. The van der Waals surface area contributed by atoms with Gasteiger partial charge < -0.3 is 10.6 Å². The number of nitrogens with one attached hydrogen (secondary N) is 2. The van der Waals surface area contributed by atoms with Gasteiger partial charge >= 0.3 is 0 Å². The molecule has 0 saturated heterocycles. The average molecular weight is 372 g/mol. The first kappa shape index (κ1) is 19.0. The molecule has 0 saturated carbocycles. The van der Waals surface area contributed by atoms with E-state index in [1.54, 1.807) is 48.5 Å². The Morgan fingerprint density at radius 1 is 0.679 bits per heavy atom. The zero-order valence-electron chi connectivity index (χ0n) is 15.7. The molecule has 0 aromatic heterocycles. The molecule has 0 aliphatic rings. The van der Waals surface area contributed by atoms with E-state index in [1.165, 1.54) is 6.92 Å². The van der Waals surface area contributed by atoms with Crippen LogP contribution in [-0.4, -0.2) is 17.6 Å². The monoisotopic (exact) mass is 372 g/mol. The smallest absolute Gasteiger partial charge is 0.255 e. The fourth-order valence-corrected chi connectivity index (χ4v) is 2.70. The van der Waals surface area contributed by atoms with Crippen LogP contribution < -0.4 is 10.6 Å². The van der Waals surface area contributed by atoms with Crippen molar-refractivity contribution in [3.05, 3.63) is 95.1 Å². The van der Waals surface area contributed by atoms with Crippen LogP contribution in [0.4, 0.5) is 11.4 Å². The Labute approximate surface area is 163 Å². The maximum Gasteiger partial charge on any atom is 0.255 e. The quantitative estimate of drug-likeness (QED) is 0.637. The maximum absolute atomic E-state index is 12.4. The number of rotatable bonds is 5. The van der Waals surface area contributed by atoms with Gasteiger partial charge in [-0.3, -0.25) is 14.4 Å². The first-order valence-corrected chi connectivity index (χ1v) is 8.83. The molecule has 3 rings (SSSR count). The van der Waals surface area contributed by atoms with Crippen molar-refractivity contribution in [3.8, 4) is 0 Å². The van der Waals surface area contributed by atoms with E-state index in [0.717, 1.165) is 11.3 Å². The fraction of sp³-hybridized carbons (Fsp3) is 0.0870. The summed E-state index contributed by atoms with van der Waals surface area (Å²) in [6.45, 7) is 3.39. The Kier molecular flexibility index (Phi) is 5.65. The lowest BCUT2D eigenvalue weighted by molar-refractivity contribution is 0.101. The number of carbonyl (C=O) groups is 3. The van der Waals surface area contributed by atoms with E-state index in [-0.39, 0.29) is 17.6 Å². The molecule has 2 N–H and O–H groups in total. The second kappa shape index (κ2) is 8.31. The van der Waals surface area contributed by atoms with Crippen LogP contribution >= 0.6 is 0 Å². The van der Waals surface area contributed by atoms with Crippen LogP contribution in [0.25, 0.3) is 0 Å². The van der Waals surface area contributed by atoms with Crippen LogP contribution in [0.1, 0.15) is 43.6 Å². The number of para-hydroxylation sites is 1. The molecule has 0 spiro atoms. The van der Waals surface area contributed by atoms with Gasteiger partial charge in [-0.1, -0.05) is 30.3 Å². The largest absolute Gasteiger partial charge is 0.322 e. The van der Waals surface area contributed by atoms with Crippen molar-refractivity contribution >= 4 is 29.0 Å². The molecular formula is C23H20N2O3. The molecule has 0 fully saturated rings. The molecule has 0 atom stereocenters. The van der Waals surface area contributed by atoms with Crippen molar-refractivity contribution in [2.75, 3.05) is 10.6 Å². The van der Waals surface area contributed by atoms with Gasteiger partial charge in [0.1, 0.15) is 0 Å². The average Bonchev–Trinajstić information content (AvgIpc) is 2.70. The molecule has 28 heavy (non-hydrogen) atoms. The third-order valence-corrected chi connectivity index (χ3v) is 4.33. The van der Waals surface area contributed by atoms with Crippen molar-refractivity contribution in [2.45, 2.75) is 13.8 Å². The van der Waals surface area contributed by atoms with Gasteiger partial charge in [-0.2, -0.15) is 0 Å². The molecular weight excluding hydrogens is 352 g/mol. The molecule has 140 valence electrons. The molecule has 3 aromatic carbocycles. The number of ketones is 1. The first-order valence-electron chi connectivity index (χ1n) is 8.83. The second-order valence-corrected chi connectivity index (χ2v) is 6.44. The number of amides is 2. The summed E-state index contributed by atoms with van der Waals surface area (Å²) in [5.74, 6) is -0.623. The first-order chi connectivity index (χ1) is 13.4. The highest BCUT2D eigenvalue weighted by atomic mass is 16.2. The molecule has 0 radical (unpaired) electrons. The molecule has 0 unspecified atom stereocenters. The minimum absolute atomic E-state index is 0.0693. The lowest BCUT2D eigenvalue weighted by Gasteiger charge is -2.09. The van der Waals surface area contributed by atoms with Gasteiger partial charge in [0, 0.05) is 28.1 Å². The molecule has 0 aliphatic carbocycles. The Hall–Kier alpha value is -3.73. The summed E-state index contributed by atoms with van der Waals surface area (Å²) in [5, 5.41) is 5.62. The predicted octanol–water partition coefficient (Wildman–Crippen LogP) is 4.70. The topological polar surface area (TPSA) is 75.3 Å². The molecule has 2 amide bonds. The minimum Gasteiger partial charge on any atom is -0.322 e. The number of hydrogen-bond acceptors (Lipinski definition) is 3. The van der Waals surface area contributed by atoms with Gasteiger partial charge in [0.05, 0.1) is 0 Å². The summed E-state index contributed by atoms with van der Waals surface area (Å²) in [5.41, 5.74) is 3.67. The van der Waals surface area contributed by atoms with Gasteiger partial charge in [0.2, 0.25) is 0 Å². The molecule has 3 aromatic rings. The Balaban J connectivity index is 1.69. The summed E-state index contributed by atoms with van der Waals surface area (Å²) in [6.07, 6.45) is 0. The maximum atomic E-state index is 12.4. The van der Waals surface area contributed by atoms with Gasteiger partial charge in [-0.15, -0.1) is 0 Å². The van der Waals surface area contributed by atoms with Crippen LogP contribution in [0.5, 0.6) is 0 Å². The number of carbonyl (C=O) groups excluding carboxylic acids is 3. The highest BCUT2D eigenvalue weighted by Gasteiger charge is 2.11. The Bertz CT molecular complexity index is 1040. The van der Waals surface area contributed by atoms with Crippen molar-refractivity contribution in [3.63, 3.8) is 0 Å². The summed E-state index contributed by atoms with van der Waals surface area (Å²) >= 11 is 0. The second-order valence-electron chi connectivity index (χ2n) is 6.44. The van der Waals surface area contributed by atoms with Gasteiger partial charge in [0.15, 0.2) is 5.78 Å². The highest BCUT2D eigenvalue weighted by molar-refractivity contribution is 6.07. The van der Waals surface area contributed by atoms with Crippen molar-refractivity contribution < 1.29 is 14.4 Å². The number of benzene rings is 3. The Morgan fingerprint density at radius 3 is 1.89 bits per heavy atom. The molecule has 0 heterocycles. The van der Waals surface area contributed by atoms with Crippen LogP contribution in [0.3, 0.4) is 0 Å². The molecule has 5 nitrogen and oxygen atoms in total. The van der Waals surface area contributed by atoms with E-state index in [1.807, 2.05) is 31.2 Å². The van der Waals surface area contributed by atoms with E-state index in [4.69, 9.17) is 0 Å². The molecule has 0 bridgehead atoms. The van der Waals surface area contributed by atoms with E-state index in [2.05, 4.69) is 10.6 Å². The third-order valence-electron chi connectivity index (χ3n) is 4.33. The number of Topliss-reactive ketones (excluding diaryl/α,β-unsaturated/α-hetero) is 1. The fourth-order valence-electron chi connectivity index (χ4n) is 2.70. The highest BCUT2D eigenvalue weighted by Crippen LogP contribution is 2.16. The van der Waals surface area contributed by atoms with Crippen LogP contribution in [0.2, 0.25) is 0 Å². The Morgan fingerprint density at radius 2 is 1.29 bits per heavy atom. The summed E-state index contributed by atoms with van der Waals surface area (Å²) in [6, 6.07) is 20.7. The SMILES string of the molecule is CC(=O)c1cccc(NC(=O)c2ccc(C(=O)Nc3ccccc3C)cc2)c1. The van der Waals surface area contributed by atoms with E-state index >= 15 is 0 Å². The van der Waals surface area contributed by atoms with Crippen molar-refractivity contribution in [2.24, 2.45) is 0 Å². The molecule has 5 heteroatoms. The van der Waals surface area contributed by atoms with Crippen LogP contribution in [-0.2, 0) is 0 Å². The van der Waals surface area contributed by atoms with Crippen molar-refractivity contribution in [1.82, 2.24) is 0 Å². The lowest BCUT2D eigenvalue weighted by atomic mass is 10.1. The lowest BCUT2D eigenvalue weighted by Crippen LogP contribution is -2.15. The summed E-state index contributed by atoms with van der Waals surface area (Å²) in [7, 11) is 0. The summed E-state index contributed by atoms with van der Waals surface area (Å²) < 4.78 is 0. The van der Waals surface area contributed by atoms with Crippen molar-refractivity contribution in [1.29, 1.82) is 0 Å². The predicted molar refractivity (Wildman–Crippen MR) is 110 cm³/mol. The third kappa shape index (κ3) is 4.51. The van der Waals surface area contributed by atoms with Crippen LogP contribution in [0, 0.1) is 6.92 Å². The van der Waals surface area contributed by atoms with E-state index < -0.39 is 0 Å². The van der Waals surface area contributed by atoms with Gasteiger partial charge in [-0.25, -0.2) is 0 Å². The normalized spacial score (nSPS) is 10.2. The van der Waals surface area contributed by atoms with Gasteiger partial charge in [-0.05, 0) is 61.9 Å². The molecule has 0 aliphatic heterocycles.